The van der Waals surface area contributed by atoms with Crippen molar-refractivity contribution in [1.82, 2.24) is 4.90 Å². The molecule has 1 fully saturated rings. The zero-order valence-electron chi connectivity index (χ0n) is 11.8. The van der Waals surface area contributed by atoms with Crippen molar-refractivity contribution in [3.8, 4) is 0 Å². The second-order valence-electron chi connectivity index (χ2n) is 5.23. The standard InChI is InChI=1S/C15H20FNO3/c1-10-8-11(5-6-12(10)16)9-17-7-3-4-13(18)14(17)15(19)20-2/h5-6,8,13-14,18H,3-4,7,9H2,1-2H3/t13-,14-/m0/s1. The van der Waals surface area contributed by atoms with Crippen molar-refractivity contribution in [2.75, 3.05) is 13.7 Å². The molecule has 2 rings (SSSR count). The number of aliphatic hydroxyl groups is 1. The van der Waals surface area contributed by atoms with Crippen LogP contribution >= 0.6 is 0 Å². The average Bonchev–Trinajstić information content (AvgIpc) is 2.42. The van der Waals surface area contributed by atoms with Gasteiger partial charge in [0.15, 0.2) is 0 Å². The summed E-state index contributed by atoms with van der Waals surface area (Å²) in [6, 6.07) is 4.26. The number of ether oxygens (including phenoxy) is 1. The van der Waals surface area contributed by atoms with E-state index in [0.29, 0.717) is 25.1 Å². The summed E-state index contributed by atoms with van der Waals surface area (Å²) in [5, 5.41) is 10.0. The molecule has 1 aliphatic rings. The molecule has 0 aromatic heterocycles. The van der Waals surface area contributed by atoms with Crippen LogP contribution in [-0.2, 0) is 16.1 Å². The van der Waals surface area contributed by atoms with Crippen LogP contribution in [0.25, 0.3) is 0 Å². The van der Waals surface area contributed by atoms with Crippen LogP contribution in [0.4, 0.5) is 4.39 Å². The van der Waals surface area contributed by atoms with E-state index in [0.717, 1.165) is 12.0 Å². The fourth-order valence-electron chi connectivity index (χ4n) is 2.69. The molecule has 1 aromatic rings. The smallest absolute Gasteiger partial charge is 0.325 e. The molecule has 110 valence electrons. The van der Waals surface area contributed by atoms with E-state index in [1.165, 1.54) is 13.2 Å². The van der Waals surface area contributed by atoms with Crippen molar-refractivity contribution in [3.05, 3.63) is 35.1 Å². The van der Waals surface area contributed by atoms with Gasteiger partial charge in [0.2, 0.25) is 0 Å². The highest BCUT2D eigenvalue weighted by molar-refractivity contribution is 5.76. The van der Waals surface area contributed by atoms with E-state index in [-0.39, 0.29) is 5.82 Å². The number of benzene rings is 1. The third-order valence-corrected chi connectivity index (χ3v) is 3.75. The monoisotopic (exact) mass is 281 g/mol. The normalized spacial score (nSPS) is 23.6. The van der Waals surface area contributed by atoms with Crippen LogP contribution in [0.2, 0.25) is 0 Å². The van der Waals surface area contributed by atoms with E-state index in [2.05, 4.69) is 0 Å². The first kappa shape index (κ1) is 14.9. The minimum Gasteiger partial charge on any atom is -0.468 e. The van der Waals surface area contributed by atoms with E-state index in [9.17, 15) is 14.3 Å². The molecule has 5 heteroatoms. The van der Waals surface area contributed by atoms with Crippen LogP contribution < -0.4 is 0 Å². The molecule has 1 aliphatic heterocycles. The van der Waals surface area contributed by atoms with Gasteiger partial charge in [0, 0.05) is 6.54 Å². The predicted octanol–water partition coefficient (Wildman–Crippen LogP) is 1.63. The molecule has 0 saturated carbocycles. The molecule has 1 aromatic carbocycles. The van der Waals surface area contributed by atoms with Gasteiger partial charge in [-0.15, -0.1) is 0 Å². The Hall–Kier alpha value is -1.46. The lowest BCUT2D eigenvalue weighted by Crippen LogP contribution is -2.52. The van der Waals surface area contributed by atoms with E-state index < -0.39 is 18.1 Å². The second-order valence-corrected chi connectivity index (χ2v) is 5.23. The van der Waals surface area contributed by atoms with Crippen molar-refractivity contribution in [2.24, 2.45) is 0 Å². The molecular weight excluding hydrogens is 261 g/mol. The van der Waals surface area contributed by atoms with E-state index in [1.54, 1.807) is 19.1 Å². The molecule has 1 saturated heterocycles. The van der Waals surface area contributed by atoms with Gasteiger partial charge in [-0.1, -0.05) is 12.1 Å². The Morgan fingerprint density at radius 2 is 2.30 bits per heavy atom. The van der Waals surface area contributed by atoms with Crippen molar-refractivity contribution in [3.63, 3.8) is 0 Å². The maximum Gasteiger partial charge on any atom is 0.325 e. The second kappa shape index (κ2) is 6.33. The number of carbonyl (C=O) groups excluding carboxylic acids is 1. The van der Waals surface area contributed by atoms with Crippen LogP contribution in [0, 0.1) is 12.7 Å². The first-order valence-electron chi connectivity index (χ1n) is 6.78. The molecule has 0 bridgehead atoms. The third-order valence-electron chi connectivity index (χ3n) is 3.75. The summed E-state index contributed by atoms with van der Waals surface area (Å²) < 4.78 is 18.0. The number of aryl methyl sites for hydroxylation is 1. The fourth-order valence-corrected chi connectivity index (χ4v) is 2.69. The van der Waals surface area contributed by atoms with Gasteiger partial charge < -0.3 is 9.84 Å². The summed E-state index contributed by atoms with van der Waals surface area (Å²) >= 11 is 0. The van der Waals surface area contributed by atoms with Crippen molar-refractivity contribution in [2.45, 2.75) is 38.5 Å². The number of likely N-dealkylation sites (tertiary alicyclic amines) is 1. The van der Waals surface area contributed by atoms with Crippen LogP contribution in [0.15, 0.2) is 18.2 Å². The summed E-state index contributed by atoms with van der Waals surface area (Å²) in [6.07, 6.45) is 0.714. The third kappa shape index (κ3) is 3.16. The van der Waals surface area contributed by atoms with E-state index in [1.807, 2.05) is 4.90 Å². The summed E-state index contributed by atoms with van der Waals surface area (Å²) in [4.78, 5) is 13.7. The van der Waals surface area contributed by atoms with Gasteiger partial charge in [0.25, 0.3) is 0 Å². The van der Waals surface area contributed by atoms with Gasteiger partial charge in [-0.05, 0) is 43.5 Å². The Balaban J connectivity index is 2.16. The Kier molecular flexibility index (Phi) is 4.73. The molecule has 0 amide bonds. The first-order valence-corrected chi connectivity index (χ1v) is 6.78. The number of rotatable bonds is 3. The number of aliphatic hydroxyl groups excluding tert-OH is 1. The highest BCUT2D eigenvalue weighted by Gasteiger charge is 2.36. The highest BCUT2D eigenvalue weighted by Crippen LogP contribution is 2.22. The fraction of sp³-hybridized carbons (Fsp3) is 0.533. The SMILES string of the molecule is COC(=O)[C@@H]1[C@@H](O)CCCN1Cc1ccc(F)c(C)c1. The van der Waals surface area contributed by atoms with E-state index in [4.69, 9.17) is 4.74 Å². The van der Waals surface area contributed by atoms with Gasteiger partial charge in [0.05, 0.1) is 13.2 Å². The van der Waals surface area contributed by atoms with E-state index >= 15 is 0 Å². The maximum absolute atomic E-state index is 13.3. The number of hydrogen-bond acceptors (Lipinski definition) is 4. The number of methoxy groups -OCH3 is 1. The summed E-state index contributed by atoms with van der Waals surface area (Å²) in [5.74, 6) is -0.659. The molecule has 0 aliphatic carbocycles. The average molecular weight is 281 g/mol. The predicted molar refractivity (Wildman–Crippen MR) is 72.6 cm³/mol. The van der Waals surface area contributed by atoms with Crippen LogP contribution in [0.1, 0.15) is 24.0 Å². The number of hydrogen-bond donors (Lipinski definition) is 1. The zero-order valence-corrected chi connectivity index (χ0v) is 11.8. The minimum absolute atomic E-state index is 0.239. The number of halogens is 1. The van der Waals surface area contributed by atoms with Gasteiger partial charge in [0.1, 0.15) is 11.9 Å². The van der Waals surface area contributed by atoms with Crippen molar-refractivity contribution < 1.29 is 19.0 Å². The highest BCUT2D eigenvalue weighted by atomic mass is 19.1. The number of esters is 1. The van der Waals surface area contributed by atoms with Gasteiger partial charge in [-0.2, -0.15) is 0 Å². The van der Waals surface area contributed by atoms with Gasteiger partial charge in [-0.3, -0.25) is 9.69 Å². The molecule has 20 heavy (non-hydrogen) atoms. The van der Waals surface area contributed by atoms with Crippen LogP contribution in [0.3, 0.4) is 0 Å². The Bertz CT molecular complexity index is 492. The topological polar surface area (TPSA) is 49.8 Å². The Morgan fingerprint density at radius 1 is 1.55 bits per heavy atom. The first-order chi connectivity index (χ1) is 9.52. The molecule has 4 nitrogen and oxygen atoms in total. The molecule has 1 N–H and O–H groups in total. The number of piperidine rings is 1. The minimum atomic E-state index is -0.710. The lowest BCUT2D eigenvalue weighted by atomic mass is 9.98. The van der Waals surface area contributed by atoms with Gasteiger partial charge in [-0.25, -0.2) is 4.39 Å². The molecule has 0 radical (unpaired) electrons. The van der Waals surface area contributed by atoms with Gasteiger partial charge >= 0.3 is 5.97 Å². The lowest BCUT2D eigenvalue weighted by molar-refractivity contribution is -0.154. The van der Waals surface area contributed by atoms with Crippen molar-refractivity contribution >= 4 is 5.97 Å². The van der Waals surface area contributed by atoms with Crippen molar-refractivity contribution in [1.29, 1.82) is 0 Å². The summed E-state index contributed by atoms with van der Waals surface area (Å²) in [6.45, 7) is 2.92. The maximum atomic E-state index is 13.3. The number of nitrogens with zero attached hydrogens (tertiary/aromatic N) is 1. The molecule has 0 spiro atoms. The summed E-state index contributed by atoms with van der Waals surface area (Å²) in [7, 11) is 1.32. The zero-order chi connectivity index (χ0) is 14.7. The molecule has 0 unspecified atom stereocenters. The Labute approximate surface area is 118 Å². The molecule has 1 heterocycles. The quantitative estimate of drug-likeness (QED) is 0.856. The Morgan fingerprint density at radius 3 is 2.95 bits per heavy atom. The largest absolute Gasteiger partial charge is 0.468 e. The van der Waals surface area contributed by atoms with Crippen LogP contribution in [0.5, 0.6) is 0 Å². The summed E-state index contributed by atoms with van der Waals surface area (Å²) in [5.41, 5.74) is 1.50. The van der Waals surface area contributed by atoms with Crippen LogP contribution in [-0.4, -0.2) is 41.8 Å². The molecular formula is C15H20FNO3. The molecule has 2 atom stereocenters. The lowest BCUT2D eigenvalue weighted by Gasteiger charge is -2.37. The number of carbonyl (C=O) groups is 1.